The Kier molecular flexibility index (Phi) is 3.06. The molecule has 1 aromatic carbocycles. The zero-order valence-corrected chi connectivity index (χ0v) is 9.75. The minimum Gasteiger partial charge on any atom is -0.499 e. The van der Waals surface area contributed by atoms with Gasteiger partial charge < -0.3 is 5.11 Å². The molecule has 0 aliphatic rings. The topological polar surface area (TPSA) is 37.3 Å². The largest absolute Gasteiger partial charge is 0.499 e. The summed E-state index contributed by atoms with van der Waals surface area (Å²) in [6.07, 6.45) is 0.488. The smallest absolute Gasteiger partial charge is 0.187 e. The fourth-order valence-electron chi connectivity index (χ4n) is 1.58. The molecule has 0 amide bonds. The molecular weight excluding hydrogens is 220 g/mol. The zero-order chi connectivity index (χ0) is 11.5. The molecule has 1 heterocycles. The lowest BCUT2D eigenvalue weighted by Gasteiger charge is -2.03. The number of rotatable bonds is 2. The predicted molar refractivity (Wildman–Crippen MR) is 66.2 cm³/mol. The Morgan fingerprint density at radius 1 is 1.25 bits per heavy atom. The lowest BCUT2D eigenvalue weighted by molar-refractivity contribution is 0.483. The summed E-state index contributed by atoms with van der Waals surface area (Å²) >= 11 is 1.25. The van der Waals surface area contributed by atoms with Crippen molar-refractivity contribution in [3.05, 3.63) is 62.6 Å². The maximum atomic E-state index is 11.7. The van der Waals surface area contributed by atoms with Gasteiger partial charge in [0.25, 0.3) is 0 Å². The number of aromatic hydroxyl groups is 1. The summed E-state index contributed by atoms with van der Waals surface area (Å²) in [7, 11) is 0. The molecule has 0 radical (unpaired) electrons. The van der Waals surface area contributed by atoms with Crippen LogP contribution in [0.2, 0.25) is 0 Å². The van der Waals surface area contributed by atoms with Crippen LogP contribution in [-0.2, 0) is 6.42 Å². The molecule has 2 rings (SSSR count). The molecule has 0 fully saturated rings. The number of hydrogen-bond donors (Lipinski definition) is 1. The summed E-state index contributed by atoms with van der Waals surface area (Å²) < 4.78 is 0. The van der Waals surface area contributed by atoms with Crippen LogP contribution in [0.3, 0.4) is 0 Å². The van der Waals surface area contributed by atoms with Crippen LogP contribution in [0.1, 0.15) is 16.0 Å². The molecular formula is C13H12O2S. The van der Waals surface area contributed by atoms with Crippen LogP contribution >= 0.6 is 11.3 Å². The highest BCUT2D eigenvalue weighted by molar-refractivity contribution is 7.13. The van der Waals surface area contributed by atoms with Gasteiger partial charge in [-0.2, -0.15) is 0 Å². The molecule has 0 saturated heterocycles. The minimum atomic E-state index is -0.0856. The van der Waals surface area contributed by atoms with Crippen molar-refractivity contribution in [2.45, 2.75) is 13.3 Å². The van der Waals surface area contributed by atoms with E-state index in [0.717, 1.165) is 10.4 Å². The minimum absolute atomic E-state index is 0.0856. The Bertz CT molecular complexity index is 544. The van der Waals surface area contributed by atoms with Crippen molar-refractivity contribution in [3.8, 4) is 5.06 Å². The van der Waals surface area contributed by atoms with E-state index in [4.69, 9.17) is 0 Å². The number of aryl methyl sites for hydroxylation is 1. The van der Waals surface area contributed by atoms with Gasteiger partial charge in [-0.05, 0) is 18.6 Å². The summed E-state index contributed by atoms with van der Waals surface area (Å²) in [5, 5.41) is 9.89. The molecule has 0 aliphatic heterocycles. The van der Waals surface area contributed by atoms with Crippen LogP contribution in [-0.4, -0.2) is 5.11 Å². The van der Waals surface area contributed by atoms with E-state index in [9.17, 15) is 9.90 Å². The predicted octanol–water partition coefficient (Wildman–Crippen LogP) is 2.71. The average molecular weight is 232 g/mol. The lowest BCUT2D eigenvalue weighted by atomic mass is 10.1. The first-order valence-corrected chi connectivity index (χ1v) is 5.85. The molecule has 0 bridgehead atoms. The maximum Gasteiger partial charge on any atom is 0.187 e. The van der Waals surface area contributed by atoms with Gasteiger partial charge in [0.05, 0.1) is 5.56 Å². The maximum absolute atomic E-state index is 11.7. The van der Waals surface area contributed by atoms with Crippen LogP contribution in [0, 0.1) is 6.92 Å². The molecule has 3 heteroatoms. The zero-order valence-electron chi connectivity index (χ0n) is 8.93. The fourth-order valence-corrected chi connectivity index (χ4v) is 2.35. The van der Waals surface area contributed by atoms with Crippen LogP contribution in [0.4, 0.5) is 0 Å². The van der Waals surface area contributed by atoms with Gasteiger partial charge in [0.15, 0.2) is 10.5 Å². The molecule has 0 aliphatic carbocycles. The third kappa shape index (κ3) is 2.31. The first-order valence-electron chi connectivity index (χ1n) is 5.03. The van der Waals surface area contributed by atoms with Crippen molar-refractivity contribution in [2.75, 3.05) is 0 Å². The van der Waals surface area contributed by atoms with E-state index in [-0.39, 0.29) is 10.5 Å². The summed E-state index contributed by atoms with van der Waals surface area (Å²) in [4.78, 5) is 12.5. The Balaban J connectivity index is 2.39. The molecule has 1 N–H and O–H groups in total. The van der Waals surface area contributed by atoms with E-state index in [2.05, 4.69) is 0 Å². The third-order valence-corrected chi connectivity index (χ3v) is 3.25. The van der Waals surface area contributed by atoms with Crippen molar-refractivity contribution < 1.29 is 5.11 Å². The lowest BCUT2D eigenvalue weighted by Crippen LogP contribution is -2.07. The van der Waals surface area contributed by atoms with Crippen molar-refractivity contribution >= 4 is 11.3 Å². The van der Waals surface area contributed by atoms with Crippen LogP contribution in [0.5, 0.6) is 5.06 Å². The second-order valence-electron chi connectivity index (χ2n) is 3.67. The monoisotopic (exact) mass is 232 g/mol. The van der Waals surface area contributed by atoms with Crippen LogP contribution in [0.25, 0.3) is 0 Å². The quantitative estimate of drug-likeness (QED) is 0.864. The highest BCUT2D eigenvalue weighted by Crippen LogP contribution is 2.23. The van der Waals surface area contributed by atoms with Crippen LogP contribution in [0.15, 0.2) is 41.2 Å². The van der Waals surface area contributed by atoms with Gasteiger partial charge in [-0.3, -0.25) is 4.79 Å². The van der Waals surface area contributed by atoms with E-state index in [0.29, 0.717) is 12.0 Å². The van der Waals surface area contributed by atoms with Crippen molar-refractivity contribution in [1.29, 1.82) is 0 Å². The van der Waals surface area contributed by atoms with Gasteiger partial charge in [-0.1, -0.05) is 30.3 Å². The van der Waals surface area contributed by atoms with Gasteiger partial charge in [-0.15, -0.1) is 11.3 Å². The van der Waals surface area contributed by atoms with Crippen LogP contribution < -0.4 is 5.43 Å². The molecule has 1 aromatic heterocycles. The molecule has 0 spiro atoms. The standard InChI is InChI=1S/C13H12O2S/c1-9-7-12(14)11(13(15)16-9)8-10-5-3-2-4-6-10/h2-7,15H,8H2,1H3. The second-order valence-corrected chi connectivity index (χ2v) is 4.90. The third-order valence-electron chi connectivity index (χ3n) is 2.37. The summed E-state index contributed by atoms with van der Waals surface area (Å²) in [5.41, 5.74) is 1.44. The van der Waals surface area contributed by atoms with E-state index in [1.54, 1.807) is 6.07 Å². The SMILES string of the molecule is Cc1cc(=O)c(Cc2ccccc2)c(O)s1. The Morgan fingerprint density at radius 3 is 2.56 bits per heavy atom. The van der Waals surface area contributed by atoms with Crippen molar-refractivity contribution in [2.24, 2.45) is 0 Å². The molecule has 2 nitrogen and oxygen atoms in total. The molecule has 0 atom stereocenters. The Labute approximate surface area is 97.8 Å². The Hall–Kier alpha value is -1.61. The fraction of sp³-hybridized carbons (Fsp3) is 0.154. The van der Waals surface area contributed by atoms with Gasteiger partial charge in [0.2, 0.25) is 0 Å². The van der Waals surface area contributed by atoms with Crippen molar-refractivity contribution in [1.82, 2.24) is 0 Å². The summed E-state index contributed by atoms with van der Waals surface area (Å²) in [6, 6.07) is 11.2. The van der Waals surface area contributed by atoms with E-state index in [1.807, 2.05) is 37.3 Å². The molecule has 0 unspecified atom stereocenters. The summed E-state index contributed by atoms with van der Waals surface area (Å²) in [5.74, 6) is 0. The molecule has 82 valence electrons. The van der Waals surface area contributed by atoms with E-state index >= 15 is 0 Å². The average Bonchev–Trinajstić information content (AvgIpc) is 2.25. The molecule has 2 aromatic rings. The van der Waals surface area contributed by atoms with E-state index in [1.165, 1.54) is 11.3 Å². The first kappa shape index (κ1) is 10.9. The normalized spacial score (nSPS) is 10.3. The molecule has 0 saturated carbocycles. The second kappa shape index (κ2) is 4.49. The Morgan fingerprint density at radius 2 is 1.94 bits per heavy atom. The highest BCUT2D eigenvalue weighted by atomic mass is 32.1. The summed E-state index contributed by atoms with van der Waals surface area (Å²) in [6.45, 7) is 1.82. The van der Waals surface area contributed by atoms with Gasteiger partial charge >= 0.3 is 0 Å². The van der Waals surface area contributed by atoms with Gasteiger partial charge in [0.1, 0.15) is 0 Å². The first-order chi connectivity index (χ1) is 7.66. The van der Waals surface area contributed by atoms with Crippen molar-refractivity contribution in [3.63, 3.8) is 0 Å². The van der Waals surface area contributed by atoms with Gasteiger partial charge in [0, 0.05) is 11.3 Å². The number of benzene rings is 1. The highest BCUT2D eigenvalue weighted by Gasteiger charge is 2.08. The molecule has 16 heavy (non-hydrogen) atoms. The van der Waals surface area contributed by atoms with Gasteiger partial charge in [-0.25, -0.2) is 0 Å². The van der Waals surface area contributed by atoms with E-state index < -0.39 is 0 Å². The number of hydrogen-bond acceptors (Lipinski definition) is 3.